The number of nitro groups is 1. The molecule has 172 valence electrons. The summed E-state index contributed by atoms with van der Waals surface area (Å²) in [6, 6.07) is 12.9. The van der Waals surface area contributed by atoms with E-state index < -0.39 is 10.8 Å². The Kier molecular flexibility index (Phi) is 6.79. The van der Waals surface area contributed by atoms with Crippen molar-refractivity contribution < 1.29 is 14.3 Å². The van der Waals surface area contributed by atoms with E-state index >= 15 is 0 Å². The number of carbonyl (C=O) groups excluding carboxylic acids is 1. The molecule has 0 aliphatic heterocycles. The molecule has 0 atom stereocenters. The minimum Gasteiger partial charge on any atom is -0.378 e. The molecule has 0 bridgehead atoms. The number of nitrogens with two attached hydrogens (primary N) is 1. The van der Waals surface area contributed by atoms with E-state index in [0.29, 0.717) is 16.3 Å². The van der Waals surface area contributed by atoms with Gasteiger partial charge in [-0.3, -0.25) is 14.9 Å². The van der Waals surface area contributed by atoms with E-state index in [2.05, 4.69) is 35.8 Å². The van der Waals surface area contributed by atoms with Gasteiger partial charge in [0.2, 0.25) is 11.6 Å². The number of nitrogen functional groups attached to an aromatic ring is 1. The van der Waals surface area contributed by atoms with Gasteiger partial charge in [-0.25, -0.2) is 10.1 Å². The molecule has 0 aliphatic rings. The first-order valence-corrected chi connectivity index (χ1v) is 10.8. The fourth-order valence-electron chi connectivity index (χ4n) is 2.74. The lowest BCUT2D eigenvalue weighted by Gasteiger charge is -2.06. The lowest BCUT2D eigenvalue weighted by atomic mass is 10.2. The third kappa shape index (κ3) is 5.19. The molecule has 2 heterocycles. The molecule has 0 saturated carbocycles. The Hall–Kier alpha value is -4.30. The van der Waals surface area contributed by atoms with Crippen LogP contribution in [-0.2, 0) is 5.75 Å². The Morgan fingerprint density at radius 3 is 2.79 bits per heavy atom. The summed E-state index contributed by atoms with van der Waals surface area (Å²) in [5.41, 5.74) is 8.79. The van der Waals surface area contributed by atoms with Crippen molar-refractivity contribution in [3.63, 3.8) is 0 Å². The van der Waals surface area contributed by atoms with Gasteiger partial charge in [-0.2, -0.15) is 9.78 Å². The maximum Gasteiger partial charge on any atom is 0.293 e. The third-order valence-corrected chi connectivity index (χ3v) is 5.60. The van der Waals surface area contributed by atoms with Gasteiger partial charge >= 0.3 is 0 Å². The molecule has 0 aliphatic carbocycles. The van der Waals surface area contributed by atoms with Crippen LogP contribution in [0.4, 0.5) is 11.5 Å². The quantitative estimate of drug-likeness (QED) is 0.158. The number of anilines is 1. The molecule has 0 unspecified atom stereocenters. The van der Waals surface area contributed by atoms with Crippen LogP contribution in [0.1, 0.15) is 21.7 Å². The number of hydrazone groups is 1. The molecule has 3 N–H and O–H groups in total. The fourth-order valence-corrected chi connectivity index (χ4v) is 3.75. The molecule has 0 saturated heterocycles. The topological polar surface area (TPSA) is 180 Å². The van der Waals surface area contributed by atoms with Gasteiger partial charge in [0.1, 0.15) is 0 Å². The number of hydrogen-bond donors (Lipinski definition) is 2. The van der Waals surface area contributed by atoms with Gasteiger partial charge in [-0.05, 0) is 34.6 Å². The molecule has 2 aromatic carbocycles. The Morgan fingerprint density at radius 2 is 2.09 bits per heavy atom. The molecule has 13 nitrogen and oxygen atoms in total. The van der Waals surface area contributed by atoms with Crippen LogP contribution in [-0.4, -0.2) is 42.4 Å². The molecule has 0 spiro atoms. The first-order chi connectivity index (χ1) is 16.4. The average Bonchev–Trinajstić information content (AvgIpc) is 3.44. The van der Waals surface area contributed by atoms with Crippen LogP contribution in [0.15, 0.2) is 63.2 Å². The number of nitrogens with one attached hydrogen (secondary N) is 1. The zero-order valence-corrected chi connectivity index (χ0v) is 18.6. The molecule has 15 heteroatoms. The van der Waals surface area contributed by atoms with Crippen molar-refractivity contribution in [3.05, 3.63) is 80.6 Å². The number of thioether (sulfide) groups is 1. The van der Waals surface area contributed by atoms with Gasteiger partial charge in [-0.1, -0.05) is 28.9 Å². The van der Waals surface area contributed by atoms with E-state index in [9.17, 15) is 14.9 Å². The van der Waals surface area contributed by atoms with Crippen molar-refractivity contribution in [2.45, 2.75) is 10.6 Å². The van der Waals surface area contributed by atoms with E-state index in [4.69, 9.17) is 17.3 Å². The lowest BCUT2D eigenvalue weighted by Crippen LogP contribution is -2.20. The summed E-state index contributed by atoms with van der Waals surface area (Å²) in [6.07, 6.45) is 1.27. The number of nitro benzene ring substituents is 1. The Balaban J connectivity index is 1.56. The first kappa shape index (κ1) is 22.9. The molecule has 34 heavy (non-hydrogen) atoms. The summed E-state index contributed by atoms with van der Waals surface area (Å²) in [4.78, 5) is 24.1. The largest absolute Gasteiger partial charge is 0.378 e. The lowest BCUT2D eigenvalue weighted by molar-refractivity contribution is -0.384. The summed E-state index contributed by atoms with van der Waals surface area (Å²) >= 11 is 7.33. The number of non-ortho nitro benzene ring substituents is 1. The number of amides is 1. The minimum atomic E-state index is -0.658. The average molecular weight is 500 g/mol. The molecule has 0 fully saturated rings. The highest BCUT2D eigenvalue weighted by atomic mass is 35.5. The van der Waals surface area contributed by atoms with Crippen LogP contribution >= 0.6 is 23.4 Å². The highest BCUT2D eigenvalue weighted by Gasteiger charge is 2.24. The SMILES string of the molecule is Nc1nonc1-n1nnc(C(=O)N/N=C\c2cccc([N+](=O)[O-])c2)c1CSc1ccc(Cl)cc1. The summed E-state index contributed by atoms with van der Waals surface area (Å²) in [5.74, 6) is -0.343. The first-order valence-electron chi connectivity index (χ1n) is 9.41. The van der Waals surface area contributed by atoms with Crippen molar-refractivity contribution in [2.75, 3.05) is 5.73 Å². The van der Waals surface area contributed by atoms with Crippen molar-refractivity contribution in [1.29, 1.82) is 0 Å². The number of benzene rings is 2. The summed E-state index contributed by atoms with van der Waals surface area (Å²) in [5, 5.41) is 30.5. The van der Waals surface area contributed by atoms with Gasteiger partial charge in [0.25, 0.3) is 11.6 Å². The zero-order valence-electron chi connectivity index (χ0n) is 17.0. The smallest absolute Gasteiger partial charge is 0.293 e. The fraction of sp³-hybridized carbons (Fsp3) is 0.0526. The van der Waals surface area contributed by atoms with Crippen molar-refractivity contribution >= 4 is 47.0 Å². The third-order valence-electron chi connectivity index (χ3n) is 4.32. The van der Waals surface area contributed by atoms with Crippen molar-refractivity contribution in [3.8, 4) is 5.82 Å². The van der Waals surface area contributed by atoms with Crippen molar-refractivity contribution in [1.82, 2.24) is 30.7 Å². The molecule has 4 aromatic rings. The van der Waals surface area contributed by atoms with Crippen LogP contribution in [0.3, 0.4) is 0 Å². The predicted molar refractivity (Wildman–Crippen MR) is 123 cm³/mol. The number of halogens is 1. The molecule has 4 rings (SSSR count). The zero-order chi connectivity index (χ0) is 24.1. The van der Waals surface area contributed by atoms with Gasteiger partial charge < -0.3 is 5.73 Å². The molecule has 2 aromatic heterocycles. The maximum atomic E-state index is 12.8. The molecular weight excluding hydrogens is 486 g/mol. The van der Waals surface area contributed by atoms with Crippen LogP contribution in [0, 0.1) is 10.1 Å². The van der Waals surface area contributed by atoms with Gasteiger partial charge in [-0.15, -0.1) is 16.9 Å². The van der Waals surface area contributed by atoms with Gasteiger partial charge in [0.05, 0.1) is 16.8 Å². The number of rotatable bonds is 8. The van der Waals surface area contributed by atoms with E-state index in [1.54, 1.807) is 18.2 Å². The maximum absolute atomic E-state index is 12.8. The standard InChI is InChI=1S/C19H14ClN9O4S/c20-12-4-6-14(7-5-12)34-10-15-16(23-27-28(15)18-17(21)25-33-26-18)19(30)24-22-9-11-2-1-3-13(8-11)29(31)32/h1-9H,10H2,(H2,21,25)(H,24,30)/b22-9-. The van der Waals surface area contributed by atoms with E-state index in [1.165, 1.54) is 40.9 Å². The van der Waals surface area contributed by atoms with Crippen LogP contribution in [0.5, 0.6) is 0 Å². The van der Waals surface area contributed by atoms with Gasteiger partial charge in [0.15, 0.2) is 5.69 Å². The minimum absolute atomic E-state index is 0.0277. The monoisotopic (exact) mass is 499 g/mol. The second kappa shape index (κ2) is 10.1. The number of aromatic nitrogens is 5. The predicted octanol–water partition coefficient (Wildman–Crippen LogP) is 2.85. The van der Waals surface area contributed by atoms with Gasteiger partial charge in [0, 0.05) is 33.4 Å². The van der Waals surface area contributed by atoms with E-state index in [-0.39, 0.29) is 28.8 Å². The summed E-state index contributed by atoms with van der Waals surface area (Å²) in [7, 11) is 0. The highest BCUT2D eigenvalue weighted by Crippen LogP contribution is 2.27. The molecule has 1 amide bonds. The second-order valence-corrected chi connectivity index (χ2v) is 8.05. The number of hydrogen-bond acceptors (Lipinski definition) is 11. The summed E-state index contributed by atoms with van der Waals surface area (Å²) < 4.78 is 5.89. The van der Waals surface area contributed by atoms with Crippen LogP contribution < -0.4 is 11.2 Å². The second-order valence-electron chi connectivity index (χ2n) is 6.56. The number of carbonyl (C=O) groups is 1. The van der Waals surface area contributed by atoms with Crippen LogP contribution in [0.2, 0.25) is 5.02 Å². The normalized spacial score (nSPS) is 11.1. The van der Waals surface area contributed by atoms with E-state index in [1.807, 2.05) is 12.1 Å². The Bertz CT molecular complexity index is 1370. The van der Waals surface area contributed by atoms with E-state index in [0.717, 1.165) is 4.90 Å². The van der Waals surface area contributed by atoms with Crippen LogP contribution in [0.25, 0.3) is 5.82 Å². The molecule has 0 radical (unpaired) electrons. The summed E-state index contributed by atoms with van der Waals surface area (Å²) in [6.45, 7) is 0. The number of nitrogens with zero attached hydrogens (tertiary/aromatic N) is 7. The van der Waals surface area contributed by atoms with Crippen molar-refractivity contribution in [2.24, 2.45) is 5.10 Å². The highest BCUT2D eigenvalue weighted by molar-refractivity contribution is 7.98. The molecular formula is C19H14ClN9O4S. The Labute approximate surface area is 200 Å². The Morgan fingerprint density at radius 1 is 1.29 bits per heavy atom.